The third-order valence-electron chi connectivity index (χ3n) is 5.43. The summed E-state index contributed by atoms with van der Waals surface area (Å²) < 4.78 is 0. The second kappa shape index (κ2) is 3.69. The van der Waals surface area contributed by atoms with Crippen LogP contribution in [0.15, 0.2) is 12.3 Å². The van der Waals surface area contributed by atoms with Gasteiger partial charge >= 0.3 is 0 Å². The molecule has 4 fully saturated rings. The standard InChI is InChI=1S/C15H21N3/c16-13-1-2-17-14(18-13)9-15-6-10-3-11(7-15)5-12(4-10)8-15/h1-2,10-12H,3-9H2,(H2,16,17,18). The van der Waals surface area contributed by atoms with Crippen molar-refractivity contribution in [3.63, 3.8) is 0 Å². The predicted molar refractivity (Wildman–Crippen MR) is 70.8 cm³/mol. The molecule has 5 rings (SSSR count). The lowest BCUT2D eigenvalue weighted by Gasteiger charge is -2.56. The Balaban J connectivity index is 1.60. The van der Waals surface area contributed by atoms with Crippen molar-refractivity contribution < 1.29 is 0 Å². The Labute approximate surface area is 108 Å². The van der Waals surface area contributed by atoms with Crippen molar-refractivity contribution in [2.45, 2.75) is 44.9 Å². The van der Waals surface area contributed by atoms with Crippen LogP contribution in [0.1, 0.15) is 44.3 Å². The van der Waals surface area contributed by atoms with E-state index in [-0.39, 0.29) is 0 Å². The number of nitrogens with two attached hydrogens (primary N) is 1. The molecule has 4 aliphatic rings. The molecule has 0 atom stereocenters. The van der Waals surface area contributed by atoms with Crippen LogP contribution < -0.4 is 5.73 Å². The Kier molecular flexibility index (Phi) is 2.21. The summed E-state index contributed by atoms with van der Waals surface area (Å²) in [5, 5.41) is 0. The van der Waals surface area contributed by atoms with Crippen molar-refractivity contribution in [2.24, 2.45) is 23.2 Å². The quantitative estimate of drug-likeness (QED) is 0.869. The van der Waals surface area contributed by atoms with E-state index in [0.29, 0.717) is 11.2 Å². The Hall–Kier alpha value is -1.12. The minimum atomic E-state index is 0.516. The average molecular weight is 243 g/mol. The van der Waals surface area contributed by atoms with Gasteiger partial charge < -0.3 is 5.73 Å². The van der Waals surface area contributed by atoms with Crippen LogP contribution in [0.5, 0.6) is 0 Å². The molecule has 3 nitrogen and oxygen atoms in total. The normalized spacial score (nSPS) is 41.2. The lowest BCUT2D eigenvalue weighted by molar-refractivity contribution is -0.0531. The van der Waals surface area contributed by atoms with Gasteiger partial charge in [-0.2, -0.15) is 0 Å². The molecule has 18 heavy (non-hydrogen) atoms. The molecule has 0 radical (unpaired) electrons. The van der Waals surface area contributed by atoms with Crippen molar-refractivity contribution in [3.05, 3.63) is 18.1 Å². The summed E-state index contributed by atoms with van der Waals surface area (Å²) in [7, 11) is 0. The van der Waals surface area contributed by atoms with Gasteiger partial charge in [-0.15, -0.1) is 0 Å². The zero-order valence-corrected chi connectivity index (χ0v) is 10.8. The Morgan fingerprint density at radius 3 is 2.28 bits per heavy atom. The summed E-state index contributed by atoms with van der Waals surface area (Å²) in [5.74, 6) is 4.58. The highest BCUT2D eigenvalue weighted by atomic mass is 14.9. The zero-order valence-electron chi connectivity index (χ0n) is 10.8. The highest BCUT2D eigenvalue weighted by Crippen LogP contribution is 2.60. The van der Waals surface area contributed by atoms with Gasteiger partial charge in [-0.05, 0) is 67.8 Å². The molecular formula is C15H21N3. The first kappa shape index (κ1) is 10.8. The first-order chi connectivity index (χ1) is 8.71. The highest BCUT2D eigenvalue weighted by molar-refractivity contribution is 5.25. The lowest BCUT2D eigenvalue weighted by atomic mass is 9.49. The number of rotatable bonds is 2. The molecule has 1 aromatic heterocycles. The van der Waals surface area contributed by atoms with Crippen molar-refractivity contribution in [1.29, 1.82) is 0 Å². The number of nitrogen functional groups attached to an aromatic ring is 1. The van der Waals surface area contributed by atoms with E-state index in [1.54, 1.807) is 12.3 Å². The summed E-state index contributed by atoms with van der Waals surface area (Å²) in [4.78, 5) is 8.84. The highest BCUT2D eigenvalue weighted by Gasteiger charge is 2.50. The fourth-order valence-electron chi connectivity index (χ4n) is 5.34. The van der Waals surface area contributed by atoms with Gasteiger partial charge in [-0.25, -0.2) is 9.97 Å². The van der Waals surface area contributed by atoms with Crippen LogP contribution in [-0.2, 0) is 6.42 Å². The van der Waals surface area contributed by atoms with Crippen molar-refractivity contribution in [3.8, 4) is 0 Å². The smallest absolute Gasteiger partial charge is 0.131 e. The summed E-state index contributed by atoms with van der Waals surface area (Å²) in [6.45, 7) is 0. The third-order valence-corrected chi connectivity index (χ3v) is 5.43. The second-order valence-corrected chi connectivity index (χ2v) is 6.99. The molecule has 0 saturated heterocycles. The number of nitrogens with zero attached hydrogens (tertiary/aromatic N) is 2. The molecule has 1 heterocycles. The van der Waals surface area contributed by atoms with Crippen LogP contribution in [0.2, 0.25) is 0 Å². The molecule has 0 aliphatic heterocycles. The summed E-state index contributed by atoms with van der Waals surface area (Å²) in [6.07, 6.45) is 11.6. The molecular weight excluding hydrogens is 222 g/mol. The van der Waals surface area contributed by atoms with Crippen molar-refractivity contribution in [2.75, 3.05) is 5.73 Å². The Bertz CT molecular complexity index is 433. The molecule has 0 spiro atoms. The molecule has 0 amide bonds. The van der Waals surface area contributed by atoms with E-state index in [4.69, 9.17) is 5.73 Å². The maximum atomic E-state index is 5.77. The molecule has 96 valence electrons. The predicted octanol–water partition coefficient (Wildman–Crippen LogP) is 2.82. The second-order valence-electron chi connectivity index (χ2n) is 6.99. The zero-order chi connectivity index (χ0) is 12.2. The molecule has 0 unspecified atom stereocenters. The van der Waals surface area contributed by atoms with Crippen molar-refractivity contribution >= 4 is 5.82 Å². The first-order valence-electron chi connectivity index (χ1n) is 7.28. The van der Waals surface area contributed by atoms with E-state index in [1.165, 1.54) is 38.5 Å². The fraction of sp³-hybridized carbons (Fsp3) is 0.733. The molecule has 4 aliphatic carbocycles. The van der Waals surface area contributed by atoms with Gasteiger partial charge in [0.1, 0.15) is 11.6 Å². The van der Waals surface area contributed by atoms with Crippen LogP contribution >= 0.6 is 0 Å². The van der Waals surface area contributed by atoms with Gasteiger partial charge in [0.05, 0.1) is 0 Å². The first-order valence-corrected chi connectivity index (χ1v) is 7.28. The molecule has 3 heteroatoms. The molecule has 1 aromatic rings. The number of aromatic nitrogens is 2. The molecule has 2 N–H and O–H groups in total. The SMILES string of the molecule is Nc1ccnc(CC23CC4CC(CC(C4)C2)C3)n1. The van der Waals surface area contributed by atoms with Gasteiger partial charge in [0.25, 0.3) is 0 Å². The van der Waals surface area contributed by atoms with Crippen LogP contribution in [0.4, 0.5) is 5.82 Å². The monoisotopic (exact) mass is 243 g/mol. The summed E-state index contributed by atoms with van der Waals surface area (Å²) in [5.41, 5.74) is 6.29. The van der Waals surface area contributed by atoms with Gasteiger partial charge in [0.15, 0.2) is 0 Å². The van der Waals surface area contributed by atoms with Crippen LogP contribution in [0.3, 0.4) is 0 Å². The maximum absolute atomic E-state index is 5.77. The number of hydrogen-bond acceptors (Lipinski definition) is 3. The Morgan fingerprint density at radius 1 is 1.11 bits per heavy atom. The van der Waals surface area contributed by atoms with Crippen LogP contribution in [0.25, 0.3) is 0 Å². The summed E-state index contributed by atoms with van der Waals surface area (Å²) in [6, 6.07) is 1.78. The lowest BCUT2D eigenvalue weighted by Crippen LogP contribution is -2.47. The fourth-order valence-corrected chi connectivity index (χ4v) is 5.34. The Morgan fingerprint density at radius 2 is 1.72 bits per heavy atom. The number of anilines is 1. The third kappa shape index (κ3) is 1.72. The minimum absolute atomic E-state index is 0.516. The van der Waals surface area contributed by atoms with Crippen molar-refractivity contribution in [1.82, 2.24) is 9.97 Å². The van der Waals surface area contributed by atoms with E-state index in [1.807, 2.05) is 0 Å². The van der Waals surface area contributed by atoms with E-state index in [9.17, 15) is 0 Å². The topological polar surface area (TPSA) is 51.8 Å². The molecule has 4 bridgehead atoms. The number of hydrogen-bond donors (Lipinski definition) is 1. The maximum Gasteiger partial charge on any atom is 0.131 e. The minimum Gasteiger partial charge on any atom is -0.384 e. The van der Waals surface area contributed by atoms with E-state index in [0.717, 1.165) is 30.0 Å². The van der Waals surface area contributed by atoms with Crippen LogP contribution in [0, 0.1) is 23.2 Å². The molecule has 4 saturated carbocycles. The summed E-state index contributed by atoms with van der Waals surface area (Å²) >= 11 is 0. The van der Waals surface area contributed by atoms with Gasteiger partial charge in [-0.3, -0.25) is 0 Å². The molecule has 0 aromatic carbocycles. The largest absolute Gasteiger partial charge is 0.384 e. The average Bonchev–Trinajstić information content (AvgIpc) is 2.25. The van der Waals surface area contributed by atoms with Crippen LogP contribution in [-0.4, -0.2) is 9.97 Å². The van der Waals surface area contributed by atoms with Gasteiger partial charge in [-0.1, -0.05) is 0 Å². The van der Waals surface area contributed by atoms with E-state index >= 15 is 0 Å². The van der Waals surface area contributed by atoms with E-state index in [2.05, 4.69) is 9.97 Å². The van der Waals surface area contributed by atoms with Gasteiger partial charge in [0, 0.05) is 12.6 Å². The van der Waals surface area contributed by atoms with Gasteiger partial charge in [0.2, 0.25) is 0 Å². The van der Waals surface area contributed by atoms with E-state index < -0.39 is 0 Å².